The molecule has 2 aliphatic rings. The lowest BCUT2D eigenvalue weighted by Crippen LogP contribution is -2.49. The molecule has 1 aromatic rings. The number of carbonyl (C=O) groups is 1. The summed E-state index contributed by atoms with van der Waals surface area (Å²) in [6, 6.07) is 6.90. The monoisotopic (exact) mass is 308 g/mol. The molecule has 114 valence electrons. The highest BCUT2D eigenvalue weighted by atomic mass is 32.2. The molecule has 0 amide bonds. The van der Waals surface area contributed by atoms with Crippen molar-refractivity contribution in [2.75, 3.05) is 26.2 Å². The molecule has 0 unspecified atom stereocenters. The fourth-order valence-electron chi connectivity index (χ4n) is 2.76. The first kappa shape index (κ1) is 14.7. The molecule has 0 bridgehead atoms. The minimum atomic E-state index is -3.44. The first-order chi connectivity index (χ1) is 9.98. The van der Waals surface area contributed by atoms with Crippen molar-refractivity contribution in [3.63, 3.8) is 0 Å². The average Bonchev–Trinajstić information content (AvgIpc) is 3.32. The van der Waals surface area contributed by atoms with Gasteiger partial charge in [0.15, 0.2) is 5.78 Å². The van der Waals surface area contributed by atoms with E-state index in [1.54, 1.807) is 16.4 Å². The molecule has 1 aromatic carbocycles. The van der Waals surface area contributed by atoms with Gasteiger partial charge in [0.1, 0.15) is 0 Å². The van der Waals surface area contributed by atoms with Gasteiger partial charge in [0.05, 0.1) is 4.90 Å². The molecule has 21 heavy (non-hydrogen) atoms. The normalized spacial score (nSPS) is 21.4. The summed E-state index contributed by atoms with van der Waals surface area (Å²) in [7, 11) is -3.44. The van der Waals surface area contributed by atoms with Crippen LogP contribution in [0.4, 0.5) is 0 Å². The van der Waals surface area contributed by atoms with Gasteiger partial charge in [0.2, 0.25) is 10.0 Å². The quantitative estimate of drug-likeness (QED) is 0.788. The van der Waals surface area contributed by atoms with Crippen LogP contribution in [0.2, 0.25) is 0 Å². The minimum Gasteiger partial charge on any atom is -0.298 e. The summed E-state index contributed by atoms with van der Waals surface area (Å²) in [5.74, 6) is -0.0583. The summed E-state index contributed by atoms with van der Waals surface area (Å²) in [6.07, 6.45) is 2.50. The molecule has 1 aliphatic heterocycles. The van der Waals surface area contributed by atoms with E-state index in [4.69, 9.17) is 0 Å². The first-order valence-electron chi connectivity index (χ1n) is 7.34. The van der Waals surface area contributed by atoms with Gasteiger partial charge in [-0.3, -0.25) is 9.69 Å². The lowest BCUT2D eigenvalue weighted by atomic mass is 10.2. The van der Waals surface area contributed by atoms with Crippen molar-refractivity contribution in [2.45, 2.75) is 30.7 Å². The molecule has 0 atom stereocenters. The maximum atomic E-state index is 12.6. The number of hydrogen-bond donors (Lipinski definition) is 0. The van der Waals surface area contributed by atoms with Gasteiger partial charge >= 0.3 is 0 Å². The third kappa shape index (κ3) is 3.02. The molecule has 1 heterocycles. The molecule has 1 saturated heterocycles. The van der Waals surface area contributed by atoms with Gasteiger partial charge in [-0.15, -0.1) is 0 Å². The second-order valence-electron chi connectivity index (χ2n) is 5.75. The van der Waals surface area contributed by atoms with Gasteiger partial charge < -0.3 is 0 Å². The van der Waals surface area contributed by atoms with Crippen LogP contribution < -0.4 is 0 Å². The summed E-state index contributed by atoms with van der Waals surface area (Å²) >= 11 is 0. The lowest BCUT2D eigenvalue weighted by Gasteiger charge is -2.34. The predicted molar refractivity (Wildman–Crippen MR) is 79.8 cm³/mol. The maximum Gasteiger partial charge on any atom is 0.243 e. The third-order valence-corrected chi connectivity index (χ3v) is 6.15. The van der Waals surface area contributed by atoms with Crippen LogP contribution in [-0.4, -0.2) is 55.6 Å². The summed E-state index contributed by atoms with van der Waals surface area (Å²) < 4.78 is 26.7. The van der Waals surface area contributed by atoms with Gasteiger partial charge in [0.25, 0.3) is 0 Å². The number of hydrogen-bond acceptors (Lipinski definition) is 4. The predicted octanol–water partition coefficient (Wildman–Crippen LogP) is 1.36. The van der Waals surface area contributed by atoms with Crippen LogP contribution in [0.1, 0.15) is 30.1 Å². The second-order valence-corrected chi connectivity index (χ2v) is 7.69. The Morgan fingerprint density at radius 2 is 1.62 bits per heavy atom. The highest BCUT2D eigenvalue weighted by molar-refractivity contribution is 7.89. The van der Waals surface area contributed by atoms with E-state index in [0.29, 0.717) is 24.7 Å². The molecule has 1 aliphatic carbocycles. The van der Waals surface area contributed by atoms with Gasteiger partial charge in [0, 0.05) is 37.8 Å². The Hall–Kier alpha value is -1.24. The Bertz CT molecular complexity index is 627. The lowest BCUT2D eigenvalue weighted by molar-refractivity contribution is 0.101. The number of sulfonamides is 1. The van der Waals surface area contributed by atoms with Gasteiger partial charge in [-0.1, -0.05) is 12.1 Å². The summed E-state index contributed by atoms with van der Waals surface area (Å²) in [6.45, 7) is 4.20. The van der Waals surface area contributed by atoms with E-state index in [2.05, 4.69) is 4.90 Å². The van der Waals surface area contributed by atoms with E-state index >= 15 is 0 Å². The Labute approximate surface area is 125 Å². The number of nitrogens with zero attached hydrogens (tertiary/aromatic N) is 2. The van der Waals surface area contributed by atoms with E-state index in [-0.39, 0.29) is 10.7 Å². The van der Waals surface area contributed by atoms with Crippen molar-refractivity contribution >= 4 is 15.8 Å². The smallest absolute Gasteiger partial charge is 0.243 e. The van der Waals surface area contributed by atoms with Crippen LogP contribution >= 0.6 is 0 Å². The molecule has 6 heteroatoms. The summed E-state index contributed by atoms with van der Waals surface area (Å²) in [5.41, 5.74) is 0.535. The Morgan fingerprint density at radius 1 is 1.05 bits per heavy atom. The van der Waals surface area contributed by atoms with Crippen molar-refractivity contribution in [3.8, 4) is 0 Å². The van der Waals surface area contributed by atoms with E-state index in [0.717, 1.165) is 13.1 Å². The number of carbonyl (C=O) groups excluding carboxylic acids is 1. The fourth-order valence-corrected chi connectivity index (χ4v) is 4.18. The Kier molecular flexibility index (Phi) is 3.86. The molecule has 5 nitrogen and oxygen atoms in total. The zero-order chi connectivity index (χ0) is 15.0. The Morgan fingerprint density at radius 3 is 2.10 bits per heavy atom. The molecule has 3 rings (SSSR count). The SMILES string of the molecule is CC(=O)c1ccc(S(=O)(=O)N2CCN(C3CC3)CC2)cc1. The highest BCUT2D eigenvalue weighted by Gasteiger charge is 2.34. The Balaban J connectivity index is 1.72. The van der Waals surface area contributed by atoms with E-state index in [1.807, 2.05) is 0 Å². The zero-order valence-corrected chi connectivity index (χ0v) is 13.0. The zero-order valence-electron chi connectivity index (χ0n) is 12.2. The van der Waals surface area contributed by atoms with Gasteiger partial charge in [-0.2, -0.15) is 4.31 Å². The number of piperazine rings is 1. The first-order valence-corrected chi connectivity index (χ1v) is 8.78. The largest absolute Gasteiger partial charge is 0.298 e. The minimum absolute atomic E-state index is 0.0583. The maximum absolute atomic E-state index is 12.6. The van der Waals surface area contributed by atoms with Crippen molar-refractivity contribution < 1.29 is 13.2 Å². The highest BCUT2D eigenvalue weighted by Crippen LogP contribution is 2.28. The van der Waals surface area contributed by atoms with Crippen molar-refractivity contribution in [1.29, 1.82) is 0 Å². The van der Waals surface area contributed by atoms with Crippen LogP contribution in [0.15, 0.2) is 29.2 Å². The number of Topliss-reactive ketones (excluding diaryl/α,β-unsaturated/α-hetero) is 1. The van der Waals surface area contributed by atoms with Gasteiger partial charge in [-0.25, -0.2) is 8.42 Å². The third-order valence-electron chi connectivity index (χ3n) is 4.24. The van der Waals surface area contributed by atoms with Crippen LogP contribution in [0.5, 0.6) is 0 Å². The molecule has 2 fully saturated rings. The van der Waals surface area contributed by atoms with E-state index in [1.165, 1.54) is 31.9 Å². The summed E-state index contributed by atoms with van der Waals surface area (Å²) in [4.78, 5) is 13.9. The fraction of sp³-hybridized carbons (Fsp3) is 0.533. The van der Waals surface area contributed by atoms with Gasteiger partial charge in [-0.05, 0) is 31.9 Å². The molecule has 0 spiro atoms. The molecule has 0 radical (unpaired) electrons. The van der Waals surface area contributed by atoms with Crippen molar-refractivity contribution in [2.24, 2.45) is 0 Å². The standard InChI is InChI=1S/C15H20N2O3S/c1-12(18)13-2-6-15(7-3-13)21(19,20)17-10-8-16(9-11-17)14-4-5-14/h2-3,6-7,14H,4-5,8-11H2,1H3. The molecular formula is C15H20N2O3S. The summed E-state index contributed by atoms with van der Waals surface area (Å²) in [5, 5.41) is 0. The number of rotatable bonds is 4. The molecule has 0 aromatic heterocycles. The number of benzene rings is 1. The van der Waals surface area contributed by atoms with Crippen LogP contribution in [0.3, 0.4) is 0 Å². The molecule has 0 N–H and O–H groups in total. The molecular weight excluding hydrogens is 288 g/mol. The molecule has 1 saturated carbocycles. The van der Waals surface area contributed by atoms with Crippen LogP contribution in [0.25, 0.3) is 0 Å². The van der Waals surface area contributed by atoms with Crippen molar-refractivity contribution in [1.82, 2.24) is 9.21 Å². The van der Waals surface area contributed by atoms with E-state index in [9.17, 15) is 13.2 Å². The van der Waals surface area contributed by atoms with Crippen LogP contribution in [0, 0.1) is 0 Å². The second kappa shape index (κ2) is 5.51. The van der Waals surface area contributed by atoms with Crippen LogP contribution in [-0.2, 0) is 10.0 Å². The van der Waals surface area contributed by atoms with E-state index < -0.39 is 10.0 Å². The average molecular weight is 308 g/mol. The topological polar surface area (TPSA) is 57.7 Å². The number of ketones is 1. The van der Waals surface area contributed by atoms with Crippen molar-refractivity contribution in [3.05, 3.63) is 29.8 Å².